The van der Waals surface area contributed by atoms with E-state index >= 15 is 0 Å². The molecule has 14 heavy (non-hydrogen) atoms. The van der Waals surface area contributed by atoms with Gasteiger partial charge >= 0.3 is 0 Å². The molecular weight excluding hydrogens is 178 g/mol. The van der Waals surface area contributed by atoms with Gasteiger partial charge in [-0.1, -0.05) is 13.8 Å². The Kier molecular flexibility index (Phi) is 2.18. The van der Waals surface area contributed by atoms with E-state index in [1.807, 2.05) is 7.05 Å². The van der Waals surface area contributed by atoms with Crippen molar-refractivity contribution >= 4 is 0 Å². The van der Waals surface area contributed by atoms with E-state index in [1.54, 1.807) is 0 Å². The third-order valence-corrected chi connectivity index (χ3v) is 4.80. The second-order valence-corrected chi connectivity index (χ2v) is 5.53. The number of aliphatic hydroxyl groups excluding tert-OH is 1. The van der Waals surface area contributed by atoms with E-state index in [2.05, 4.69) is 19.2 Å². The fourth-order valence-corrected chi connectivity index (χ4v) is 3.58. The minimum absolute atomic E-state index is 0.0595. The molecule has 0 amide bonds. The first-order chi connectivity index (χ1) is 6.46. The van der Waals surface area contributed by atoms with Gasteiger partial charge in [0.05, 0.1) is 6.61 Å². The number of nitrogens with one attached hydrogen (secondary N) is 1. The first-order valence-electron chi connectivity index (χ1n) is 5.47. The summed E-state index contributed by atoms with van der Waals surface area (Å²) in [7, 11) is 1.86. The average molecular weight is 199 g/mol. The van der Waals surface area contributed by atoms with Gasteiger partial charge in [-0.25, -0.2) is 0 Å². The van der Waals surface area contributed by atoms with Crippen LogP contribution in [0.2, 0.25) is 0 Å². The fraction of sp³-hybridized carbons (Fsp3) is 1.00. The Labute approximate surface area is 85.5 Å². The van der Waals surface area contributed by atoms with Gasteiger partial charge in [-0.15, -0.1) is 0 Å². The Morgan fingerprint density at radius 3 is 2.43 bits per heavy atom. The first kappa shape index (κ1) is 10.4. The molecule has 3 rings (SSSR count). The van der Waals surface area contributed by atoms with Gasteiger partial charge in [0.2, 0.25) is 0 Å². The second-order valence-electron chi connectivity index (χ2n) is 5.53. The second kappa shape index (κ2) is 2.94. The SMILES string of the molecule is CN[C@H]1C[C@H]2C[C@H](C2(C)C)[C@]1(O)CO. The van der Waals surface area contributed by atoms with Gasteiger partial charge in [-0.05, 0) is 37.1 Å². The van der Waals surface area contributed by atoms with E-state index in [-0.39, 0.29) is 24.0 Å². The van der Waals surface area contributed by atoms with Crippen LogP contribution in [-0.2, 0) is 0 Å². The summed E-state index contributed by atoms with van der Waals surface area (Å²) in [5.74, 6) is 0.952. The molecule has 0 radical (unpaired) electrons. The van der Waals surface area contributed by atoms with Crippen LogP contribution in [0.5, 0.6) is 0 Å². The molecule has 2 bridgehead atoms. The molecule has 3 fully saturated rings. The summed E-state index contributed by atoms with van der Waals surface area (Å²) in [6.45, 7) is 4.29. The molecule has 3 nitrogen and oxygen atoms in total. The maximum atomic E-state index is 10.5. The molecule has 82 valence electrons. The summed E-state index contributed by atoms with van der Waals surface area (Å²) in [6.07, 6.45) is 2.05. The molecule has 0 aliphatic heterocycles. The maximum Gasteiger partial charge on any atom is 0.106 e. The normalized spacial score (nSPS) is 49.9. The molecule has 0 unspecified atom stereocenters. The highest BCUT2D eigenvalue weighted by Gasteiger charge is 2.64. The molecular formula is C11H21NO2. The van der Waals surface area contributed by atoms with Crippen molar-refractivity contribution in [2.75, 3.05) is 13.7 Å². The zero-order valence-electron chi connectivity index (χ0n) is 9.25. The molecule has 3 saturated carbocycles. The van der Waals surface area contributed by atoms with Crippen LogP contribution in [0.15, 0.2) is 0 Å². The standard InChI is InChI=1S/C11H21NO2/c1-10(2)7-4-8(10)11(14,6-13)9(5-7)12-3/h7-9,12-14H,4-6H2,1-3H3/t7-,8-,9+,11-/m1/s1. The van der Waals surface area contributed by atoms with Crippen LogP contribution >= 0.6 is 0 Å². The van der Waals surface area contributed by atoms with Gasteiger partial charge < -0.3 is 15.5 Å². The summed E-state index contributed by atoms with van der Waals surface area (Å²) < 4.78 is 0. The quantitative estimate of drug-likeness (QED) is 0.602. The minimum Gasteiger partial charge on any atom is -0.393 e. The first-order valence-corrected chi connectivity index (χ1v) is 5.47. The predicted molar refractivity (Wildman–Crippen MR) is 54.9 cm³/mol. The lowest BCUT2D eigenvalue weighted by molar-refractivity contribution is -0.230. The van der Waals surface area contributed by atoms with Crippen LogP contribution in [0.4, 0.5) is 0 Å². The van der Waals surface area contributed by atoms with E-state index in [4.69, 9.17) is 0 Å². The van der Waals surface area contributed by atoms with Crippen molar-refractivity contribution in [2.45, 2.75) is 38.3 Å². The maximum absolute atomic E-state index is 10.5. The van der Waals surface area contributed by atoms with Crippen molar-refractivity contribution in [3.05, 3.63) is 0 Å². The Morgan fingerprint density at radius 2 is 2.00 bits per heavy atom. The monoisotopic (exact) mass is 199 g/mol. The van der Waals surface area contributed by atoms with E-state index in [0.29, 0.717) is 5.92 Å². The predicted octanol–water partition coefficient (Wildman–Crippen LogP) is 0.364. The third-order valence-electron chi connectivity index (χ3n) is 4.80. The van der Waals surface area contributed by atoms with E-state index < -0.39 is 5.60 Å². The van der Waals surface area contributed by atoms with E-state index in [1.165, 1.54) is 0 Å². The number of hydrogen-bond donors (Lipinski definition) is 3. The fourth-order valence-electron chi connectivity index (χ4n) is 3.58. The lowest BCUT2D eigenvalue weighted by Gasteiger charge is -2.65. The van der Waals surface area contributed by atoms with Gasteiger partial charge in [-0.2, -0.15) is 0 Å². The summed E-state index contributed by atoms with van der Waals surface area (Å²) in [4.78, 5) is 0. The molecule has 4 atom stereocenters. The van der Waals surface area contributed by atoms with Gasteiger partial charge in [0.15, 0.2) is 0 Å². The highest BCUT2D eigenvalue weighted by atomic mass is 16.3. The number of aliphatic hydroxyl groups is 2. The minimum atomic E-state index is -0.910. The van der Waals surface area contributed by atoms with Crippen LogP contribution in [0, 0.1) is 17.3 Å². The molecule has 0 aromatic carbocycles. The Balaban J connectivity index is 2.26. The Bertz CT molecular complexity index is 241. The van der Waals surface area contributed by atoms with E-state index in [9.17, 15) is 10.2 Å². The van der Waals surface area contributed by atoms with Crippen LogP contribution in [0.25, 0.3) is 0 Å². The highest BCUT2D eigenvalue weighted by Crippen LogP contribution is 2.62. The molecule has 3 aliphatic rings. The van der Waals surface area contributed by atoms with Crippen molar-refractivity contribution in [1.82, 2.24) is 5.32 Å². The lowest BCUT2D eigenvalue weighted by atomic mass is 9.43. The smallest absolute Gasteiger partial charge is 0.106 e. The molecule has 0 aromatic rings. The van der Waals surface area contributed by atoms with Gasteiger partial charge in [0.1, 0.15) is 5.60 Å². The van der Waals surface area contributed by atoms with Crippen LogP contribution in [0.1, 0.15) is 26.7 Å². The van der Waals surface area contributed by atoms with Crippen LogP contribution in [-0.4, -0.2) is 35.5 Å². The number of fused-ring (bicyclic) bond motifs is 2. The molecule has 0 spiro atoms. The molecule has 3 aliphatic carbocycles. The van der Waals surface area contributed by atoms with Crippen molar-refractivity contribution in [3.8, 4) is 0 Å². The lowest BCUT2D eigenvalue weighted by Crippen LogP contribution is -2.71. The summed E-state index contributed by atoms with van der Waals surface area (Å²) >= 11 is 0. The number of hydrogen-bond acceptors (Lipinski definition) is 3. The van der Waals surface area contributed by atoms with Crippen LogP contribution < -0.4 is 5.32 Å². The van der Waals surface area contributed by atoms with Crippen molar-refractivity contribution < 1.29 is 10.2 Å². The molecule has 0 saturated heterocycles. The molecule has 0 aromatic heterocycles. The number of likely N-dealkylation sites (N-methyl/N-ethyl adjacent to an activating group) is 1. The zero-order chi connectivity index (χ0) is 10.6. The van der Waals surface area contributed by atoms with Gasteiger partial charge in [0, 0.05) is 6.04 Å². The Hall–Kier alpha value is -0.120. The largest absolute Gasteiger partial charge is 0.393 e. The highest BCUT2D eigenvalue weighted by molar-refractivity contribution is 5.15. The summed E-state index contributed by atoms with van der Waals surface area (Å²) in [6, 6.07) is 0.0595. The van der Waals surface area contributed by atoms with E-state index in [0.717, 1.165) is 12.8 Å². The topological polar surface area (TPSA) is 52.5 Å². The van der Waals surface area contributed by atoms with Crippen LogP contribution in [0.3, 0.4) is 0 Å². The van der Waals surface area contributed by atoms with Crippen molar-refractivity contribution in [1.29, 1.82) is 0 Å². The van der Waals surface area contributed by atoms with Gasteiger partial charge in [-0.3, -0.25) is 0 Å². The molecule has 0 heterocycles. The average Bonchev–Trinajstić information content (AvgIpc) is 2.17. The van der Waals surface area contributed by atoms with Crippen molar-refractivity contribution in [3.63, 3.8) is 0 Å². The van der Waals surface area contributed by atoms with Gasteiger partial charge in [0.25, 0.3) is 0 Å². The summed E-state index contributed by atoms with van der Waals surface area (Å²) in [5.41, 5.74) is -0.710. The summed E-state index contributed by atoms with van der Waals surface area (Å²) in [5, 5.41) is 23.0. The number of rotatable bonds is 2. The zero-order valence-corrected chi connectivity index (χ0v) is 9.25. The molecule has 3 N–H and O–H groups in total. The van der Waals surface area contributed by atoms with Crippen molar-refractivity contribution in [2.24, 2.45) is 17.3 Å². The third kappa shape index (κ3) is 1.03. The molecule has 3 heteroatoms. The Morgan fingerprint density at radius 1 is 1.36 bits per heavy atom.